The zero-order chi connectivity index (χ0) is 19.3. The zero-order valence-corrected chi connectivity index (χ0v) is 16.3. The van der Waals surface area contributed by atoms with Gasteiger partial charge in [0.05, 0.1) is 12.7 Å². The Kier molecular flexibility index (Phi) is 5.93. The van der Waals surface area contributed by atoms with Crippen LogP contribution in [0.5, 0.6) is 0 Å². The van der Waals surface area contributed by atoms with Crippen LogP contribution in [0.3, 0.4) is 0 Å². The average molecular weight is 380 g/mol. The third-order valence-electron chi connectivity index (χ3n) is 5.50. The quantitative estimate of drug-likeness (QED) is 0.748. The van der Waals surface area contributed by atoms with Crippen molar-refractivity contribution < 1.29 is 13.9 Å². The standard InChI is InChI=1S/C23H28N2O3/c1-17-13-21(17)22-9-7-19(28-22)8-10-23(26)24-14-20-16-25(11-12-27-20)15-18-5-3-2-4-6-18/h2-10,17,20-21H,11-16H2,1H3,(H,24,26)/b10-8+. The van der Waals surface area contributed by atoms with Crippen molar-refractivity contribution in [3.8, 4) is 0 Å². The van der Waals surface area contributed by atoms with Crippen molar-refractivity contribution in [3.05, 3.63) is 65.6 Å². The molecule has 28 heavy (non-hydrogen) atoms. The minimum atomic E-state index is -0.124. The van der Waals surface area contributed by atoms with E-state index in [1.807, 2.05) is 18.2 Å². The molecule has 5 heteroatoms. The smallest absolute Gasteiger partial charge is 0.244 e. The molecule has 2 heterocycles. The molecule has 1 saturated heterocycles. The lowest BCUT2D eigenvalue weighted by atomic mass is 10.2. The van der Waals surface area contributed by atoms with Gasteiger partial charge in [-0.15, -0.1) is 0 Å². The van der Waals surface area contributed by atoms with E-state index in [0.29, 0.717) is 25.0 Å². The van der Waals surface area contributed by atoms with Gasteiger partial charge in [-0.3, -0.25) is 9.69 Å². The lowest BCUT2D eigenvalue weighted by Crippen LogP contribution is -2.46. The molecule has 3 unspecified atom stereocenters. The fourth-order valence-corrected chi connectivity index (χ4v) is 3.70. The molecular weight excluding hydrogens is 352 g/mol. The lowest BCUT2D eigenvalue weighted by Gasteiger charge is -2.33. The van der Waals surface area contributed by atoms with Crippen LogP contribution in [0.4, 0.5) is 0 Å². The van der Waals surface area contributed by atoms with Gasteiger partial charge in [-0.1, -0.05) is 37.3 Å². The van der Waals surface area contributed by atoms with Crippen LogP contribution in [0.2, 0.25) is 0 Å². The van der Waals surface area contributed by atoms with Gasteiger partial charge in [-0.25, -0.2) is 0 Å². The monoisotopic (exact) mass is 380 g/mol. The van der Waals surface area contributed by atoms with E-state index in [-0.39, 0.29) is 12.0 Å². The topological polar surface area (TPSA) is 54.7 Å². The number of amides is 1. The molecule has 1 aliphatic heterocycles. The second-order valence-corrected chi connectivity index (χ2v) is 7.85. The van der Waals surface area contributed by atoms with Gasteiger partial charge in [-0.05, 0) is 36.1 Å². The molecular formula is C23H28N2O3. The molecule has 1 aliphatic carbocycles. The number of rotatable bonds is 7. The summed E-state index contributed by atoms with van der Waals surface area (Å²) in [6.45, 7) is 6.08. The van der Waals surface area contributed by atoms with Gasteiger partial charge in [0.25, 0.3) is 0 Å². The highest BCUT2D eigenvalue weighted by Gasteiger charge is 2.36. The van der Waals surface area contributed by atoms with Gasteiger partial charge in [0.2, 0.25) is 5.91 Å². The molecule has 0 spiro atoms. The fraction of sp³-hybridized carbons (Fsp3) is 0.435. The Morgan fingerprint density at radius 2 is 2.07 bits per heavy atom. The van der Waals surface area contributed by atoms with E-state index >= 15 is 0 Å². The maximum atomic E-state index is 12.1. The van der Waals surface area contributed by atoms with Crippen LogP contribution in [0.1, 0.15) is 36.3 Å². The molecule has 148 valence electrons. The first-order valence-electron chi connectivity index (χ1n) is 10.1. The first-order chi connectivity index (χ1) is 13.7. The number of benzene rings is 1. The Hall–Kier alpha value is -2.37. The van der Waals surface area contributed by atoms with Crippen LogP contribution in [0.15, 0.2) is 53.0 Å². The number of hydrogen-bond donors (Lipinski definition) is 1. The summed E-state index contributed by atoms with van der Waals surface area (Å²) < 4.78 is 11.6. The fourth-order valence-electron chi connectivity index (χ4n) is 3.70. The van der Waals surface area contributed by atoms with E-state index in [1.54, 1.807) is 6.08 Å². The van der Waals surface area contributed by atoms with Gasteiger partial charge in [0.1, 0.15) is 11.5 Å². The van der Waals surface area contributed by atoms with E-state index in [9.17, 15) is 4.79 Å². The maximum absolute atomic E-state index is 12.1. The number of carbonyl (C=O) groups excluding carboxylic acids is 1. The van der Waals surface area contributed by atoms with Gasteiger partial charge < -0.3 is 14.5 Å². The summed E-state index contributed by atoms with van der Waals surface area (Å²) in [5.41, 5.74) is 1.30. The molecule has 2 aromatic rings. The number of nitrogens with zero attached hydrogens (tertiary/aromatic N) is 1. The highest BCUT2D eigenvalue weighted by molar-refractivity contribution is 5.91. The minimum Gasteiger partial charge on any atom is -0.461 e. The molecule has 1 aromatic heterocycles. The zero-order valence-electron chi connectivity index (χ0n) is 16.3. The van der Waals surface area contributed by atoms with Crippen molar-refractivity contribution in [3.63, 3.8) is 0 Å². The SMILES string of the molecule is CC1CC1c1ccc(/C=C/C(=O)NCC2CN(Cc3ccccc3)CCO2)o1. The second-order valence-electron chi connectivity index (χ2n) is 7.85. The largest absolute Gasteiger partial charge is 0.461 e. The summed E-state index contributed by atoms with van der Waals surface area (Å²) in [6, 6.07) is 14.4. The van der Waals surface area contributed by atoms with Crippen molar-refractivity contribution in [1.29, 1.82) is 0 Å². The van der Waals surface area contributed by atoms with Crippen molar-refractivity contribution in [2.24, 2.45) is 5.92 Å². The van der Waals surface area contributed by atoms with Crippen molar-refractivity contribution >= 4 is 12.0 Å². The average Bonchev–Trinajstić information content (AvgIpc) is 3.25. The van der Waals surface area contributed by atoms with Crippen molar-refractivity contribution in [2.45, 2.75) is 31.9 Å². The maximum Gasteiger partial charge on any atom is 0.244 e. The lowest BCUT2D eigenvalue weighted by molar-refractivity contribution is -0.117. The number of carbonyl (C=O) groups is 1. The van der Waals surface area contributed by atoms with E-state index < -0.39 is 0 Å². The normalized spacial score (nSPS) is 25.1. The highest BCUT2D eigenvalue weighted by atomic mass is 16.5. The van der Waals surface area contributed by atoms with Crippen LogP contribution < -0.4 is 5.32 Å². The molecule has 1 aromatic carbocycles. The molecule has 1 N–H and O–H groups in total. The molecule has 5 nitrogen and oxygen atoms in total. The van der Waals surface area contributed by atoms with Crippen molar-refractivity contribution in [2.75, 3.05) is 26.2 Å². The highest BCUT2D eigenvalue weighted by Crippen LogP contribution is 2.47. The molecule has 1 saturated carbocycles. The van der Waals surface area contributed by atoms with Crippen molar-refractivity contribution in [1.82, 2.24) is 10.2 Å². The van der Waals surface area contributed by atoms with E-state index in [4.69, 9.17) is 9.15 Å². The van der Waals surface area contributed by atoms with Gasteiger partial charge in [0, 0.05) is 38.2 Å². The molecule has 2 fully saturated rings. The van der Waals surface area contributed by atoms with Gasteiger partial charge >= 0.3 is 0 Å². The summed E-state index contributed by atoms with van der Waals surface area (Å²) in [4.78, 5) is 14.5. The Morgan fingerprint density at radius 3 is 2.86 bits per heavy atom. The molecule has 4 rings (SSSR count). The Morgan fingerprint density at radius 1 is 1.25 bits per heavy atom. The van der Waals surface area contributed by atoms with E-state index in [2.05, 4.69) is 41.4 Å². The number of nitrogens with one attached hydrogen (secondary N) is 1. The third-order valence-corrected chi connectivity index (χ3v) is 5.50. The van der Waals surface area contributed by atoms with Gasteiger partial charge in [0.15, 0.2) is 0 Å². The van der Waals surface area contributed by atoms with E-state index in [1.165, 1.54) is 18.1 Å². The number of furan rings is 1. The minimum absolute atomic E-state index is 0.0152. The van der Waals surface area contributed by atoms with Crippen LogP contribution >= 0.6 is 0 Å². The predicted octanol–water partition coefficient (Wildman–Crippen LogP) is 3.43. The molecule has 1 amide bonds. The summed E-state index contributed by atoms with van der Waals surface area (Å²) in [7, 11) is 0. The number of hydrogen-bond acceptors (Lipinski definition) is 4. The Balaban J connectivity index is 1.21. The number of ether oxygens (including phenoxy) is 1. The molecule has 0 radical (unpaired) electrons. The summed E-state index contributed by atoms with van der Waals surface area (Å²) >= 11 is 0. The molecule has 3 atom stereocenters. The third kappa shape index (κ3) is 5.12. The van der Waals surface area contributed by atoms with Crippen LogP contribution in [-0.2, 0) is 16.1 Å². The second kappa shape index (κ2) is 8.76. The Bertz CT molecular complexity index is 814. The van der Waals surface area contributed by atoms with Crippen LogP contribution in [0.25, 0.3) is 6.08 Å². The summed E-state index contributed by atoms with van der Waals surface area (Å²) in [5.74, 6) is 2.90. The summed E-state index contributed by atoms with van der Waals surface area (Å²) in [6.07, 6.45) is 4.47. The molecule has 0 bridgehead atoms. The number of morpholine rings is 1. The molecule has 2 aliphatic rings. The van der Waals surface area contributed by atoms with Crippen LogP contribution in [0, 0.1) is 5.92 Å². The first kappa shape index (κ1) is 19.0. The summed E-state index contributed by atoms with van der Waals surface area (Å²) in [5, 5.41) is 2.94. The first-order valence-corrected chi connectivity index (χ1v) is 10.1. The predicted molar refractivity (Wildman–Crippen MR) is 109 cm³/mol. The van der Waals surface area contributed by atoms with E-state index in [0.717, 1.165) is 31.2 Å². The Labute approximate surface area is 166 Å². The van der Waals surface area contributed by atoms with Crippen LogP contribution in [-0.4, -0.2) is 43.2 Å². The van der Waals surface area contributed by atoms with Gasteiger partial charge in [-0.2, -0.15) is 0 Å².